The van der Waals surface area contributed by atoms with Gasteiger partial charge in [-0.2, -0.15) is 0 Å². The predicted octanol–water partition coefficient (Wildman–Crippen LogP) is 6.98. The van der Waals surface area contributed by atoms with Crippen LogP contribution in [-0.4, -0.2) is 0 Å². The summed E-state index contributed by atoms with van der Waals surface area (Å²) in [5, 5.41) is 0. The van der Waals surface area contributed by atoms with Gasteiger partial charge in [0.05, 0.1) is 0 Å². The summed E-state index contributed by atoms with van der Waals surface area (Å²) < 4.78 is 0. The third-order valence-corrected chi connectivity index (χ3v) is 2.51. The molecule has 0 aliphatic heterocycles. The zero-order valence-electron chi connectivity index (χ0n) is 14.1. The Morgan fingerprint density at radius 3 is 1.09 bits per heavy atom. The molecule has 0 aromatic heterocycles. The molecule has 0 radical (unpaired) electrons. The molecule has 0 amide bonds. The normalized spacial score (nSPS) is 14.1. The fourth-order valence-electron chi connectivity index (χ4n) is 1.38. The zero-order chi connectivity index (χ0) is 16.8. The molecule has 0 atom stereocenters. The molecule has 120 valence electrons. The van der Waals surface area contributed by atoms with Crippen molar-refractivity contribution in [3.05, 3.63) is 122 Å². The monoisotopic (exact) mass is 304 g/mol. The Kier molecular flexibility index (Phi) is 17.2. The van der Waals surface area contributed by atoms with E-state index in [9.17, 15) is 0 Å². The van der Waals surface area contributed by atoms with E-state index in [1.807, 2.05) is 97.2 Å². The quantitative estimate of drug-likeness (QED) is 0.361. The van der Waals surface area contributed by atoms with Crippen molar-refractivity contribution in [3.63, 3.8) is 0 Å². The van der Waals surface area contributed by atoms with Crippen molar-refractivity contribution in [2.24, 2.45) is 0 Å². The first kappa shape index (κ1) is 20.4. The first-order valence-electron chi connectivity index (χ1n) is 8.02. The molecule has 0 nitrogen and oxygen atoms in total. The van der Waals surface area contributed by atoms with Crippen LogP contribution in [0.25, 0.3) is 0 Å². The Morgan fingerprint density at radius 1 is 0.478 bits per heavy atom. The molecule has 0 heteroatoms. The van der Waals surface area contributed by atoms with Gasteiger partial charge in [0.25, 0.3) is 0 Å². The summed E-state index contributed by atoms with van der Waals surface area (Å²) in [6, 6.07) is 0. The van der Waals surface area contributed by atoms with Gasteiger partial charge in [0.2, 0.25) is 0 Å². The summed E-state index contributed by atoms with van der Waals surface area (Å²) in [5.74, 6) is 0. The van der Waals surface area contributed by atoms with E-state index in [2.05, 4.69) is 25.7 Å². The third kappa shape index (κ3) is 19.4. The molecular weight excluding hydrogens is 276 g/mol. The van der Waals surface area contributed by atoms with Gasteiger partial charge in [0.15, 0.2) is 0 Å². The summed E-state index contributed by atoms with van der Waals surface area (Å²) in [6.45, 7) is 5.78. The van der Waals surface area contributed by atoms with Gasteiger partial charge < -0.3 is 0 Å². The van der Waals surface area contributed by atoms with E-state index in [-0.39, 0.29) is 0 Å². The molecule has 0 unspecified atom stereocenters. The maximum Gasteiger partial charge on any atom is -0.0350 e. The molecule has 0 aromatic rings. The molecule has 23 heavy (non-hydrogen) atoms. The lowest BCUT2D eigenvalue weighted by molar-refractivity contribution is 0.959. The van der Waals surface area contributed by atoms with Crippen LogP contribution in [0.3, 0.4) is 0 Å². The van der Waals surface area contributed by atoms with Gasteiger partial charge in [-0.25, -0.2) is 0 Å². The van der Waals surface area contributed by atoms with Crippen LogP contribution in [0.1, 0.15) is 19.8 Å². The Bertz CT molecular complexity index is 526. The highest BCUT2D eigenvalue weighted by Gasteiger charge is 1.68. The molecule has 0 aliphatic carbocycles. The van der Waals surface area contributed by atoms with E-state index in [0.717, 1.165) is 6.42 Å². The lowest BCUT2D eigenvalue weighted by atomic mass is 10.3. The van der Waals surface area contributed by atoms with Crippen LogP contribution in [0.15, 0.2) is 122 Å². The Balaban J connectivity index is 3.85. The van der Waals surface area contributed by atoms with Crippen molar-refractivity contribution in [1.29, 1.82) is 0 Å². The molecule has 0 aliphatic rings. The van der Waals surface area contributed by atoms with Crippen molar-refractivity contribution < 1.29 is 0 Å². The van der Waals surface area contributed by atoms with Crippen LogP contribution in [-0.2, 0) is 0 Å². The largest absolute Gasteiger partial charge is 0.0991 e. The number of hydrogen-bond donors (Lipinski definition) is 0. The highest BCUT2D eigenvalue weighted by Crippen LogP contribution is 1.89. The molecule has 0 aromatic carbocycles. The van der Waals surface area contributed by atoms with Gasteiger partial charge in [-0.05, 0) is 6.42 Å². The number of rotatable bonds is 11. The standard InChI is InChI=1S/C23H28/c1-3-5-7-9-11-13-15-17-19-21-23-22-20-18-16-14-12-10-8-6-4-2/h3,5,7-23H,1,4,6H2,2H3. The van der Waals surface area contributed by atoms with Crippen LogP contribution < -0.4 is 0 Å². The molecule has 0 saturated carbocycles. The minimum Gasteiger partial charge on any atom is -0.0991 e. The molecule has 0 fully saturated rings. The highest BCUT2D eigenvalue weighted by molar-refractivity contribution is 5.22. The van der Waals surface area contributed by atoms with Gasteiger partial charge in [-0.1, -0.05) is 135 Å². The van der Waals surface area contributed by atoms with Crippen LogP contribution in [0, 0.1) is 0 Å². The second kappa shape index (κ2) is 19.4. The van der Waals surface area contributed by atoms with Gasteiger partial charge >= 0.3 is 0 Å². The lowest BCUT2D eigenvalue weighted by Gasteiger charge is -1.79. The lowest BCUT2D eigenvalue weighted by Crippen LogP contribution is -1.58. The van der Waals surface area contributed by atoms with E-state index in [0.29, 0.717) is 0 Å². The molecule has 0 bridgehead atoms. The zero-order valence-corrected chi connectivity index (χ0v) is 14.1. The summed E-state index contributed by atoms with van der Waals surface area (Å²) in [7, 11) is 0. The van der Waals surface area contributed by atoms with Crippen LogP contribution >= 0.6 is 0 Å². The van der Waals surface area contributed by atoms with Crippen LogP contribution in [0.5, 0.6) is 0 Å². The average molecular weight is 304 g/mol. The third-order valence-electron chi connectivity index (χ3n) is 2.51. The highest BCUT2D eigenvalue weighted by atomic mass is 13.8. The molecule has 0 saturated heterocycles. The Hall–Kier alpha value is -2.60. The maximum absolute atomic E-state index is 3.60. The average Bonchev–Trinajstić information content (AvgIpc) is 2.57. The van der Waals surface area contributed by atoms with Crippen molar-refractivity contribution in [2.75, 3.05) is 0 Å². The second-order valence-corrected chi connectivity index (χ2v) is 4.53. The van der Waals surface area contributed by atoms with Crippen molar-refractivity contribution >= 4 is 0 Å². The minimum atomic E-state index is 1.14. The SMILES string of the molecule is C=CC=CC=CC=CC=CC=CC=CC=CC=CC=CCCC. The number of unbranched alkanes of at least 4 members (excludes halogenated alkanes) is 1. The minimum absolute atomic E-state index is 1.14. The first-order valence-corrected chi connectivity index (χ1v) is 8.02. The van der Waals surface area contributed by atoms with Gasteiger partial charge in [-0.3, -0.25) is 0 Å². The topological polar surface area (TPSA) is 0 Å². The van der Waals surface area contributed by atoms with Gasteiger partial charge in [0.1, 0.15) is 0 Å². The fourth-order valence-corrected chi connectivity index (χ4v) is 1.38. The van der Waals surface area contributed by atoms with E-state index in [1.54, 1.807) is 6.08 Å². The van der Waals surface area contributed by atoms with Gasteiger partial charge in [0, 0.05) is 0 Å². The van der Waals surface area contributed by atoms with E-state index < -0.39 is 0 Å². The molecule has 0 N–H and O–H groups in total. The molecule has 0 spiro atoms. The smallest absolute Gasteiger partial charge is 0.0350 e. The van der Waals surface area contributed by atoms with Gasteiger partial charge in [-0.15, -0.1) is 0 Å². The van der Waals surface area contributed by atoms with Crippen molar-refractivity contribution in [3.8, 4) is 0 Å². The summed E-state index contributed by atoms with van der Waals surface area (Å²) in [5.41, 5.74) is 0. The maximum atomic E-state index is 3.60. The Labute approximate surface area is 142 Å². The summed E-state index contributed by atoms with van der Waals surface area (Å²) >= 11 is 0. The molecule has 0 rings (SSSR count). The van der Waals surface area contributed by atoms with Crippen LogP contribution in [0.4, 0.5) is 0 Å². The van der Waals surface area contributed by atoms with E-state index in [4.69, 9.17) is 0 Å². The molecular formula is C23H28. The van der Waals surface area contributed by atoms with E-state index >= 15 is 0 Å². The fraction of sp³-hybridized carbons (Fsp3) is 0.130. The second-order valence-electron chi connectivity index (χ2n) is 4.53. The first-order chi connectivity index (χ1) is 11.4. The summed E-state index contributed by atoms with van der Waals surface area (Å²) in [4.78, 5) is 0. The summed E-state index contributed by atoms with van der Waals surface area (Å²) in [6.07, 6.45) is 40.2. The van der Waals surface area contributed by atoms with Crippen molar-refractivity contribution in [2.45, 2.75) is 19.8 Å². The van der Waals surface area contributed by atoms with E-state index in [1.165, 1.54) is 6.42 Å². The Morgan fingerprint density at radius 2 is 0.783 bits per heavy atom. The van der Waals surface area contributed by atoms with Crippen molar-refractivity contribution in [1.82, 2.24) is 0 Å². The molecule has 0 heterocycles. The van der Waals surface area contributed by atoms with Crippen LogP contribution in [0.2, 0.25) is 0 Å². The number of hydrogen-bond acceptors (Lipinski definition) is 0. The number of allylic oxidation sites excluding steroid dienone is 19. The predicted molar refractivity (Wildman–Crippen MR) is 107 cm³/mol.